The molecule has 1 aromatic carbocycles. The maximum absolute atomic E-state index is 12.4. The molecule has 0 radical (unpaired) electrons. The summed E-state index contributed by atoms with van der Waals surface area (Å²) in [6.45, 7) is 2.17. The molecule has 7 nitrogen and oxygen atoms in total. The lowest BCUT2D eigenvalue weighted by Gasteiger charge is -2.11. The van der Waals surface area contributed by atoms with E-state index in [4.69, 9.17) is 9.47 Å². The molecule has 0 fully saturated rings. The Bertz CT molecular complexity index is 984. The topological polar surface area (TPSA) is 78.3 Å². The lowest BCUT2D eigenvalue weighted by molar-refractivity contribution is -0.113. The molecule has 0 atom stereocenters. The highest BCUT2D eigenvalue weighted by atomic mass is 32.2. The monoisotopic (exact) mass is 432 g/mol. The summed E-state index contributed by atoms with van der Waals surface area (Å²) in [5.41, 5.74) is 1.63. The average molecular weight is 433 g/mol. The van der Waals surface area contributed by atoms with Crippen molar-refractivity contribution in [3.63, 3.8) is 0 Å². The highest BCUT2D eigenvalue weighted by molar-refractivity contribution is 7.99. The number of thioether (sulfide) groups is 1. The van der Waals surface area contributed by atoms with E-state index in [-0.39, 0.29) is 11.7 Å². The Kier molecular flexibility index (Phi) is 7.16. The molecule has 154 valence electrons. The van der Waals surface area contributed by atoms with Crippen LogP contribution in [-0.2, 0) is 18.3 Å². The zero-order valence-electron chi connectivity index (χ0n) is 16.9. The number of hydrogen-bond donors (Lipinski definition) is 1. The number of amides is 1. The van der Waals surface area contributed by atoms with Gasteiger partial charge in [-0.05, 0) is 24.6 Å². The fourth-order valence-electron chi connectivity index (χ4n) is 2.80. The molecule has 2 heterocycles. The van der Waals surface area contributed by atoms with Gasteiger partial charge >= 0.3 is 0 Å². The molecule has 0 unspecified atom stereocenters. The van der Waals surface area contributed by atoms with Gasteiger partial charge in [-0.1, -0.05) is 25.1 Å². The predicted octanol–water partition coefficient (Wildman–Crippen LogP) is 4.24. The van der Waals surface area contributed by atoms with Crippen LogP contribution in [0.1, 0.15) is 18.2 Å². The molecule has 9 heteroatoms. The molecule has 0 bridgehead atoms. The molecule has 29 heavy (non-hydrogen) atoms. The molecule has 3 aromatic rings. The van der Waals surface area contributed by atoms with Crippen LogP contribution >= 0.6 is 23.1 Å². The normalized spacial score (nSPS) is 10.8. The first kappa shape index (κ1) is 21.2. The fourth-order valence-corrected chi connectivity index (χ4v) is 4.48. The number of ether oxygens (including phenoxy) is 2. The standard InChI is InChI=1S/C20H24N4O3S2/c1-5-6-15-9-13(11-28-15)19-22-23-20(24(19)2)29-12-18(25)21-16-10-14(26-3)7-8-17(16)27-4/h7-11H,5-6,12H2,1-4H3,(H,21,25). The summed E-state index contributed by atoms with van der Waals surface area (Å²) < 4.78 is 12.4. The van der Waals surface area contributed by atoms with Gasteiger partial charge in [0, 0.05) is 28.9 Å². The summed E-state index contributed by atoms with van der Waals surface area (Å²) >= 11 is 3.08. The van der Waals surface area contributed by atoms with Crippen molar-refractivity contribution in [1.82, 2.24) is 14.8 Å². The van der Waals surface area contributed by atoms with Crippen LogP contribution in [0.3, 0.4) is 0 Å². The van der Waals surface area contributed by atoms with Gasteiger partial charge < -0.3 is 19.4 Å². The van der Waals surface area contributed by atoms with Gasteiger partial charge in [-0.15, -0.1) is 21.5 Å². The predicted molar refractivity (Wildman–Crippen MR) is 117 cm³/mol. The van der Waals surface area contributed by atoms with Crippen molar-refractivity contribution in [2.45, 2.75) is 24.9 Å². The van der Waals surface area contributed by atoms with E-state index in [1.807, 2.05) is 11.6 Å². The number of methoxy groups -OCH3 is 2. The van der Waals surface area contributed by atoms with Gasteiger partial charge in [0.15, 0.2) is 11.0 Å². The molecule has 0 spiro atoms. The van der Waals surface area contributed by atoms with E-state index in [9.17, 15) is 4.79 Å². The second kappa shape index (κ2) is 9.80. The number of anilines is 1. The lowest BCUT2D eigenvalue weighted by Crippen LogP contribution is -2.15. The van der Waals surface area contributed by atoms with Gasteiger partial charge in [0.05, 0.1) is 25.7 Å². The smallest absolute Gasteiger partial charge is 0.234 e. The number of rotatable bonds is 9. The number of benzene rings is 1. The highest BCUT2D eigenvalue weighted by Crippen LogP contribution is 2.30. The van der Waals surface area contributed by atoms with E-state index in [0.29, 0.717) is 22.3 Å². The van der Waals surface area contributed by atoms with Crippen LogP contribution in [0.25, 0.3) is 11.4 Å². The van der Waals surface area contributed by atoms with Crippen molar-refractivity contribution >= 4 is 34.7 Å². The molecule has 0 aliphatic rings. The quantitative estimate of drug-likeness (QED) is 0.510. The second-order valence-corrected chi connectivity index (χ2v) is 8.26. The van der Waals surface area contributed by atoms with E-state index in [1.54, 1.807) is 43.8 Å². The molecule has 0 aliphatic carbocycles. The van der Waals surface area contributed by atoms with Crippen molar-refractivity contribution in [2.75, 3.05) is 25.3 Å². The zero-order chi connectivity index (χ0) is 20.8. The minimum atomic E-state index is -0.160. The minimum absolute atomic E-state index is 0.160. The number of carbonyl (C=O) groups excluding carboxylic acids is 1. The number of aromatic nitrogens is 3. The Morgan fingerprint density at radius 1 is 1.24 bits per heavy atom. The van der Waals surface area contributed by atoms with Crippen LogP contribution in [0, 0.1) is 0 Å². The number of thiophene rings is 1. The molecule has 1 N–H and O–H groups in total. The summed E-state index contributed by atoms with van der Waals surface area (Å²) in [5, 5.41) is 14.2. The first-order valence-electron chi connectivity index (χ1n) is 9.17. The van der Waals surface area contributed by atoms with Crippen molar-refractivity contribution in [3.05, 3.63) is 34.5 Å². The van der Waals surface area contributed by atoms with Crippen molar-refractivity contribution in [3.8, 4) is 22.9 Å². The average Bonchev–Trinajstić information content (AvgIpc) is 3.33. The summed E-state index contributed by atoms with van der Waals surface area (Å²) in [6.07, 6.45) is 2.19. The first-order chi connectivity index (χ1) is 14.0. The van der Waals surface area contributed by atoms with Crippen LogP contribution < -0.4 is 14.8 Å². The van der Waals surface area contributed by atoms with Gasteiger partial charge in [-0.2, -0.15) is 0 Å². The highest BCUT2D eigenvalue weighted by Gasteiger charge is 2.15. The number of aryl methyl sites for hydroxylation is 1. The van der Waals surface area contributed by atoms with Crippen LogP contribution in [0.4, 0.5) is 5.69 Å². The molecule has 0 saturated carbocycles. The summed E-state index contributed by atoms with van der Waals surface area (Å²) in [6, 6.07) is 7.42. The molecular formula is C20H24N4O3S2. The Labute approximate surface area is 178 Å². The maximum Gasteiger partial charge on any atom is 0.234 e. The third-order valence-electron chi connectivity index (χ3n) is 4.26. The van der Waals surface area contributed by atoms with Crippen molar-refractivity contribution < 1.29 is 14.3 Å². The Balaban J connectivity index is 1.64. The van der Waals surface area contributed by atoms with Gasteiger partial charge in [-0.25, -0.2) is 0 Å². The lowest BCUT2D eigenvalue weighted by atomic mass is 10.2. The van der Waals surface area contributed by atoms with Gasteiger partial charge in [0.2, 0.25) is 5.91 Å². The van der Waals surface area contributed by atoms with E-state index in [1.165, 1.54) is 16.6 Å². The van der Waals surface area contributed by atoms with Crippen LogP contribution in [-0.4, -0.2) is 40.6 Å². The Hall–Kier alpha value is -2.52. The van der Waals surface area contributed by atoms with Crippen LogP contribution in [0.2, 0.25) is 0 Å². The van der Waals surface area contributed by atoms with E-state index in [0.717, 1.165) is 24.2 Å². The van der Waals surface area contributed by atoms with Gasteiger partial charge in [0.1, 0.15) is 11.5 Å². The number of carbonyl (C=O) groups is 1. The third kappa shape index (κ3) is 5.10. The molecule has 2 aromatic heterocycles. The van der Waals surface area contributed by atoms with Gasteiger partial charge in [-0.3, -0.25) is 4.79 Å². The molecule has 3 rings (SSSR count). The summed E-state index contributed by atoms with van der Waals surface area (Å²) in [7, 11) is 5.05. The first-order valence-corrected chi connectivity index (χ1v) is 11.0. The summed E-state index contributed by atoms with van der Waals surface area (Å²) in [4.78, 5) is 13.8. The Morgan fingerprint density at radius 2 is 2.07 bits per heavy atom. The number of nitrogens with zero attached hydrogens (tertiary/aromatic N) is 3. The fraction of sp³-hybridized carbons (Fsp3) is 0.350. The minimum Gasteiger partial charge on any atom is -0.497 e. The van der Waals surface area contributed by atoms with Crippen molar-refractivity contribution in [1.29, 1.82) is 0 Å². The van der Waals surface area contributed by atoms with Gasteiger partial charge in [0.25, 0.3) is 0 Å². The van der Waals surface area contributed by atoms with E-state index >= 15 is 0 Å². The Morgan fingerprint density at radius 3 is 2.79 bits per heavy atom. The van der Waals surface area contributed by atoms with E-state index < -0.39 is 0 Å². The molecular weight excluding hydrogens is 408 g/mol. The van der Waals surface area contributed by atoms with Crippen molar-refractivity contribution in [2.24, 2.45) is 7.05 Å². The molecule has 0 saturated heterocycles. The molecule has 0 aliphatic heterocycles. The maximum atomic E-state index is 12.4. The second-order valence-electron chi connectivity index (χ2n) is 6.32. The zero-order valence-corrected chi connectivity index (χ0v) is 18.5. The van der Waals surface area contributed by atoms with Crippen LogP contribution in [0.5, 0.6) is 11.5 Å². The van der Waals surface area contributed by atoms with Crippen LogP contribution in [0.15, 0.2) is 34.8 Å². The number of nitrogens with one attached hydrogen (secondary N) is 1. The molecule has 1 amide bonds. The third-order valence-corrected chi connectivity index (χ3v) is 6.27. The van der Waals surface area contributed by atoms with E-state index in [2.05, 4.69) is 33.9 Å². The largest absolute Gasteiger partial charge is 0.497 e. The SMILES string of the molecule is CCCc1cc(-c2nnc(SCC(=O)Nc3cc(OC)ccc3OC)n2C)cs1. The number of hydrogen-bond acceptors (Lipinski definition) is 7. The summed E-state index contributed by atoms with van der Waals surface area (Å²) in [5.74, 6) is 2.07.